The van der Waals surface area contributed by atoms with Crippen molar-refractivity contribution in [1.29, 1.82) is 0 Å². The molecule has 7 heteroatoms. The average Bonchev–Trinajstić information content (AvgIpc) is 2.84. The van der Waals surface area contributed by atoms with Gasteiger partial charge in [-0.15, -0.1) is 11.3 Å². The molecule has 0 aromatic carbocycles. The first-order valence-electron chi connectivity index (χ1n) is 5.81. The Morgan fingerprint density at radius 3 is 2.47 bits per heavy atom. The number of aromatic carboxylic acids is 1. The molecule has 1 rings (SSSR count). The van der Waals surface area contributed by atoms with E-state index in [1.807, 2.05) is 6.92 Å². The van der Waals surface area contributed by atoms with Crippen LogP contribution in [0.25, 0.3) is 0 Å². The maximum atomic E-state index is 12.0. The summed E-state index contributed by atoms with van der Waals surface area (Å²) < 4.78 is 0. The highest BCUT2D eigenvalue weighted by molar-refractivity contribution is 7.15. The highest BCUT2D eigenvalue weighted by atomic mass is 32.1. The third-order valence-corrected chi connectivity index (χ3v) is 3.39. The number of carbonyl (C=O) groups excluding carboxylic acids is 2. The number of rotatable bonds is 6. The van der Waals surface area contributed by atoms with Gasteiger partial charge in [-0.25, -0.2) is 4.79 Å². The van der Waals surface area contributed by atoms with Crippen LogP contribution < -0.4 is 5.32 Å². The Labute approximate surface area is 115 Å². The lowest BCUT2D eigenvalue weighted by Crippen LogP contribution is -2.38. The second-order valence-corrected chi connectivity index (χ2v) is 5.06. The minimum atomic E-state index is -1.06. The zero-order valence-electron chi connectivity index (χ0n) is 10.8. The molecule has 0 atom stereocenters. The molecule has 0 saturated heterocycles. The van der Waals surface area contributed by atoms with Crippen LogP contribution in [0.5, 0.6) is 0 Å². The second kappa shape index (κ2) is 6.89. The minimum Gasteiger partial charge on any atom is -0.477 e. The van der Waals surface area contributed by atoms with Crippen LogP contribution in [0.4, 0.5) is 0 Å². The van der Waals surface area contributed by atoms with Crippen LogP contribution in [0.1, 0.15) is 32.7 Å². The van der Waals surface area contributed by atoms with Crippen molar-refractivity contribution in [2.75, 3.05) is 20.1 Å². The van der Waals surface area contributed by atoms with E-state index in [0.717, 1.165) is 17.8 Å². The molecule has 1 aromatic rings. The van der Waals surface area contributed by atoms with Crippen molar-refractivity contribution in [1.82, 2.24) is 10.2 Å². The molecule has 1 heterocycles. The maximum absolute atomic E-state index is 12.0. The van der Waals surface area contributed by atoms with E-state index < -0.39 is 5.97 Å². The summed E-state index contributed by atoms with van der Waals surface area (Å²) in [6.45, 7) is 2.47. The fraction of sp³-hybridized carbons (Fsp3) is 0.417. The van der Waals surface area contributed by atoms with E-state index >= 15 is 0 Å². The van der Waals surface area contributed by atoms with Crippen LogP contribution in [0.15, 0.2) is 12.1 Å². The Kier molecular flexibility index (Phi) is 5.50. The molecule has 0 fully saturated rings. The molecule has 2 N–H and O–H groups in total. The average molecular weight is 284 g/mol. The van der Waals surface area contributed by atoms with Gasteiger partial charge in [0.25, 0.3) is 5.91 Å². The molecule has 1 aromatic heterocycles. The number of carboxylic acid groups (broad SMARTS) is 1. The fourth-order valence-electron chi connectivity index (χ4n) is 1.36. The highest BCUT2D eigenvalue weighted by Crippen LogP contribution is 2.17. The quantitative estimate of drug-likeness (QED) is 0.817. The van der Waals surface area contributed by atoms with Gasteiger partial charge in [-0.05, 0) is 18.6 Å². The Bertz CT molecular complexity index is 484. The minimum absolute atomic E-state index is 0.0425. The molecule has 0 aliphatic heterocycles. The van der Waals surface area contributed by atoms with Gasteiger partial charge in [-0.3, -0.25) is 9.59 Å². The Balaban J connectivity index is 2.60. The number of likely N-dealkylation sites (N-methyl/N-ethyl adjacent to an activating group) is 1. The number of nitrogens with one attached hydrogen (secondary N) is 1. The third kappa shape index (κ3) is 4.36. The lowest BCUT2D eigenvalue weighted by atomic mass is 10.3. The monoisotopic (exact) mass is 284 g/mol. The van der Waals surface area contributed by atoms with E-state index in [-0.39, 0.29) is 23.2 Å². The maximum Gasteiger partial charge on any atom is 0.345 e. The van der Waals surface area contributed by atoms with Crippen molar-refractivity contribution in [2.24, 2.45) is 0 Å². The summed E-state index contributed by atoms with van der Waals surface area (Å²) in [5, 5.41) is 11.5. The molecule has 0 aliphatic carbocycles. The van der Waals surface area contributed by atoms with Gasteiger partial charge in [0.2, 0.25) is 5.91 Å². The van der Waals surface area contributed by atoms with Crippen molar-refractivity contribution in [3.63, 3.8) is 0 Å². The molecule has 0 spiro atoms. The van der Waals surface area contributed by atoms with Crippen molar-refractivity contribution < 1.29 is 19.5 Å². The molecular formula is C12H16N2O4S. The topological polar surface area (TPSA) is 86.7 Å². The Morgan fingerprint density at radius 2 is 1.95 bits per heavy atom. The smallest absolute Gasteiger partial charge is 0.345 e. The van der Waals surface area contributed by atoms with E-state index in [4.69, 9.17) is 5.11 Å². The van der Waals surface area contributed by atoms with Crippen LogP contribution in [0, 0.1) is 0 Å². The van der Waals surface area contributed by atoms with Crippen molar-refractivity contribution in [3.05, 3.63) is 21.9 Å². The third-order valence-electron chi connectivity index (χ3n) is 2.33. The first-order chi connectivity index (χ1) is 8.95. The van der Waals surface area contributed by atoms with Crippen molar-refractivity contribution in [3.8, 4) is 0 Å². The number of amides is 2. The summed E-state index contributed by atoms with van der Waals surface area (Å²) in [5.74, 6) is -1.65. The molecule has 6 nitrogen and oxygen atoms in total. The first kappa shape index (κ1) is 15.2. The van der Waals surface area contributed by atoms with Crippen molar-refractivity contribution >= 4 is 29.1 Å². The van der Waals surface area contributed by atoms with Gasteiger partial charge >= 0.3 is 5.97 Å². The number of thiophene rings is 1. The second-order valence-electron chi connectivity index (χ2n) is 3.98. The summed E-state index contributed by atoms with van der Waals surface area (Å²) in [4.78, 5) is 35.8. The van der Waals surface area contributed by atoms with E-state index in [1.54, 1.807) is 0 Å². The normalized spacial score (nSPS) is 10.0. The number of nitrogens with zero attached hydrogens (tertiary/aromatic N) is 1. The molecule has 19 heavy (non-hydrogen) atoms. The molecule has 0 saturated carbocycles. The Hall–Kier alpha value is -1.89. The van der Waals surface area contributed by atoms with E-state index in [1.165, 1.54) is 24.1 Å². The van der Waals surface area contributed by atoms with Crippen molar-refractivity contribution in [2.45, 2.75) is 13.3 Å². The van der Waals surface area contributed by atoms with Crippen LogP contribution >= 0.6 is 11.3 Å². The highest BCUT2D eigenvalue weighted by Gasteiger charge is 2.18. The summed E-state index contributed by atoms with van der Waals surface area (Å²) in [6, 6.07) is 2.84. The lowest BCUT2D eigenvalue weighted by Gasteiger charge is -2.15. The van der Waals surface area contributed by atoms with Crippen LogP contribution in [-0.4, -0.2) is 47.9 Å². The van der Waals surface area contributed by atoms with Crippen LogP contribution in [-0.2, 0) is 4.79 Å². The molecule has 0 bridgehead atoms. The number of carbonyl (C=O) groups is 3. The molecule has 2 amide bonds. The standard InChI is InChI=1S/C12H16N2O4S/c1-3-6-13-10(15)7-14(2)11(16)8-4-5-9(19-8)12(17)18/h4-5H,3,6-7H2,1-2H3,(H,13,15)(H,17,18). The molecule has 0 radical (unpaired) electrons. The van der Waals surface area contributed by atoms with E-state index in [9.17, 15) is 14.4 Å². The summed E-state index contributed by atoms with van der Waals surface area (Å²) >= 11 is 0.900. The Morgan fingerprint density at radius 1 is 1.32 bits per heavy atom. The van der Waals surface area contributed by atoms with Crippen LogP contribution in [0.2, 0.25) is 0 Å². The fourth-order valence-corrected chi connectivity index (χ4v) is 2.20. The van der Waals surface area contributed by atoms with Gasteiger partial charge in [0.05, 0.1) is 11.4 Å². The largest absolute Gasteiger partial charge is 0.477 e. The zero-order valence-corrected chi connectivity index (χ0v) is 11.6. The zero-order chi connectivity index (χ0) is 14.4. The van der Waals surface area contributed by atoms with Gasteiger partial charge in [0.15, 0.2) is 0 Å². The molecule has 104 valence electrons. The van der Waals surface area contributed by atoms with Gasteiger partial charge in [-0.1, -0.05) is 6.92 Å². The van der Waals surface area contributed by atoms with Crippen LogP contribution in [0.3, 0.4) is 0 Å². The molecule has 0 unspecified atom stereocenters. The first-order valence-corrected chi connectivity index (χ1v) is 6.62. The van der Waals surface area contributed by atoms with Gasteiger partial charge in [0.1, 0.15) is 4.88 Å². The predicted molar refractivity (Wildman–Crippen MR) is 71.5 cm³/mol. The SMILES string of the molecule is CCCNC(=O)CN(C)C(=O)c1ccc(C(=O)O)s1. The molecule has 0 aliphatic rings. The van der Waals surface area contributed by atoms with E-state index in [2.05, 4.69) is 5.32 Å². The lowest BCUT2D eigenvalue weighted by molar-refractivity contribution is -0.121. The van der Waals surface area contributed by atoms with Gasteiger partial charge in [0, 0.05) is 13.6 Å². The summed E-state index contributed by atoms with van der Waals surface area (Å²) in [6.07, 6.45) is 0.830. The number of hydrogen-bond acceptors (Lipinski definition) is 4. The number of hydrogen-bond donors (Lipinski definition) is 2. The van der Waals surface area contributed by atoms with Gasteiger partial charge < -0.3 is 15.3 Å². The molecular weight excluding hydrogens is 268 g/mol. The van der Waals surface area contributed by atoms with Gasteiger partial charge in [-0.2, -0.15) is 0 Å². The summed E-state index contributed by atoms with van der Waals surface area (Å²) in [5.41, 5.74) is 0. The summed E-state index contributed by atoms with van der Waals surface area (Å²) in [7, 11) is 1.51. The number of carboxylic acids is 1. The van der Waals surface area contributed by atoms with E-state index in [0.29, 0.717) is 11.4 Å². The predicted octanol–water partition coefficient (Wildman–Crippen LogP) is 1.04.